The monoisotopic (exact) mass is 268 g/mol. The molecule has 0 aliphatic carbocycles. The number of aromatic nitrogens is 1. The van der Waals surface area contributed by atoms with E-state index in [0.717, 1.165) is 18.1 Å². The molecule has 1 aromatic rings. The second kappa shape index (κ2) is 4.23. The van der Waals surface area contributed by atoms with Gasteiger partial charge in [0, 0.05) is 17.5 Å². The lowest BCUT2D eigenvalue weighted by Gasteiger charge is -2.31. The van der Waals surface area contributed by atoms with Crippen LogP contribution < -0.4 is 4.90 Å². The van der Waals surface area contributed by atoms with Gasteiger partial charge in [-0.3, -0.25) is 4.79 Å². The Hall–Kier alpha value is -1.10. The Kier molecular flexibility index (Phi) is 3.13. The first kappa shape index (κ1) is 13.3. The third-order valence-corrected chi connectivity index (χ3v) is 4.66. The van der Waals surface area contributed by atoms with Gasteiger partial charge in [-0.05, 0) is 40.5 Å². The predicted molar refractivity (Wildman–Crippen MR) is 73.4 cm³/mol. The van der Waals surface area contributed by atoms with Gasteiger partial charge in [-0.25, -0.2) is 4.98 Å². The second-order valence-corrected chi connectivity index (χ2v) is 6.85. The number of aliphatic carboxylic acids is 1. The van der Waals surface area contributed by atoms with Crippen LogP contribution in [0.5, 0.6) is 0 Å². The maximum atomic E-state index is 11.2. The third-order valence-electron chi connectivity index (χ3n) is 3.80. The van der Waals surface area contributed by atoms with Crippen molar-refractivity contribution in [2.45, 2.75) is 51.5 Å². The van der Waals surface area contributed by atoms with Crippen molar-refractivity contribution in [2.75, 3.05) is 11.4 Å². The summed E-state index contributed by atoms with van der Waals surface area (Å²) >= 11 is 1.54. The van der Waals surface area contributed by atoms with Crippen LogP contribution in [0.3, 0.4) is 0 Å². The average molecular weight is 268 g/mol. The standard InChI is InChI=1S/C13H20N2O2S/c1-12(2)6-5-7-15(12)11-14-9(8-18-11)13(3,4)10(16)17/h8H,5-7H2,1-4H3,(H,16,17). The fourth-order valence-electron chi connectivity index (χ4n) is 2.25. The Morgan fingerprint density at radius 3 is 2.72 bits per heavy atom. The smallest absolute Gasteiger partial charge is 0.315 e. The van der Waals surface area contributed by atoms with Gasteiger partial charge < -0.3 is 10.0 Å². The summed E-state index contributed by atoms with van der Waals surface area (Å²) in [5.41, 5.74) is -0.140. The van der Waals surface area contributed by atoms with E-state index in [-0.39, 0.29) is 5.54 Å². The number of carboxylic acid groups (broad SMARTS) is 1. The van der Waals surface area contributed by atoms with Gasteiger partial charge in [0.15, 0.2) is 5.13 Å². The van der Waals surface area contributed by atoms with Crippen molar-refractivity contribution >= 4 is 22.4 Å². The van der Waals surface area contributed by atoms with Gasteiger partial charge in [-0.2, -0.15) is 0 Å². The normalized spacial score (nSPS) is 19.2. The summed E-state index contributed by atoms with van der Waals surface area (Å²) in [6.07, 6.45) is 2.33. The Morgan fingerprint density at radius 1 is 1.56 bits per heavy atom. The van der Waals surface area contributed by atoms with Crippen LogP contribution in [-0.2, 0) is 10.2 Å². The summed E-state index contributed by atoms with van der Waals surface area (Å²) in [7, 11) is 0. The molecule has 0 bridgehead atoms. The van der Waals surface area contributed by atoms with E-state index >= 15 is 0 Å². The molecule has 0 aromatic carbocycles. The number of anilines is 1. The van der Waals surface area contributed by atoms with Gasteiger partial charge in [0.1, 0.15) is 5.41 Å². The molecule has 1 aliphatic rings. The minimum atomic E-state index is -0.918. The third kappa shape index (κ3) is 2.11. The average Bonchev–Trinajstić information content (AvgIpc) is 2.83. The number of hydrogen-bond donors (Lipinski definition) is 1. The van der Waals surface area contributed by atoms with Crippen molar-refractivity contribution in [2.24, 2.45) is 0 Å². The van der Waals surface area contributed by atoms with Gasteiger partial charge in [0.05, 0.1) is 5.69 Å². The summed E-state index contributed by atoms with van der Waals surface area (Å²) in [5, 5.41) is 12.0. The largest absolute Gasteiger partial charge is 0.481 e. The van der Waals surface area contributed by atoms with Crippen LogP contribution in [0.2, 0.25) is 0 Å². The molecular formula is C13H20N2O2S. The molecule has 2 heterocycles. The van der Waals surface area contributed by atoms with Crippen molar-refractivity contribution < 1.29 is 9.90 Å². The van der Waals surface area contributed by atoms with E-state index in [4.69, 9.17) is 0 Å². The zero-order valence-corrected chi connectivity index (χ0v) is 12.2. The first-order valence-corrected chi connectivity index (χ1v) is 7.10. The van der Waals surface area contributed by atoms with Crippen LogP contribution in [-0.4, -0.2) is 28.1 Å². The number of rotatable bonds is 3. The van der Waals surface area contributed by atoms with Crippen LogP contribution in [0.4, 0.5) is 5.13 Å². The lowest BCUT2D eigenvalue weighted by molar-refractivity contribution is -0.142. The summed E-state index contributed by atoms with van der Waals surface area (Å²) in [6.45, 7) is 8.83. The van der Waals surface area contributed by atoms with Crippen LogP contribution >= 0.6 is 11.3 Å². The van der Waals surface area contributed by atoms with Crippen molar-refractivity contribution in [1.29, 1.82) is 0 Å². The lowest BCUT2D eigenvalue weighted by Crippen LogP contribution is -2.38. The molecule has 1 aliphatic heterocycles. The highest BCUT2D eigenvalue weighted by Crippen LogP contribution is 2.37. The highest BCUT2D eigenvalue weighted by molar-refractivity contribution is 7.13. The van der Waals surface area contributed by atoms with Gasteiger partial charge >= 0.3 is 5.97 Å². The molecule has 1 saturated heterocycles. The molecular weight excluding hydrogens is 248 g/mol. The number of carboxylic acids is 1. The Bertz CT molecular complexity index is 465. The molecule has 2 rings (SSSR count). The molecule has 0 radical (unpaired) electrons. The molecule has 1 aromatic heterocycles. The summed E-state index contributed by atoms with van der Waals surface area (Å²) < 4.78 is 0. The van der Waals surface area contributed by atoms with E-state index in [1.54, 1.807) is 25.2 Å². The van der Waals surface area contributed by atoms with Gasteiger partial charge in [0.2, 0.25) is 0 Å². The van der Waals surface area contributed by atoms with Crippen molar-refractivity contribution in [1.82, 2.24) is 4.98 Å². The maximum absolute atomic E-state index is 11.2. The van der Waals surface area contributed by atoms with Crippen LogP contribution in [0.15, 0.2) is 5.38 Å². The summed E-state index contributed by atoms with van der Waals surface area (Å²) in [6, 6.07) is 0. The molecule has 1 fully saturated rings. The molecule has 0 spiro atoms. The molecule has 0 amide bonds. The fourth-order valence-corrected chi connectivity index (χ4v) is 3.43. The predicted octanol–water partition coefficient (Wildman–Crippen LogP) is 2.88. The highest BCUT2D eigenvalue weighted by Gasteiger charge is 2.36. The number of nitrogens with zero attached hydrogens (tertiary/aromatic N) is 2. The second-order valence-electron chi connectivity index (χ2n) is 6.01. The maximum Gasteiger partial charge on any atom is 0.315 e. The molecule has 18 heavy (non-hydrogen) atoms. The molecule has 5 heteroatoms. The molecule has 0 unspecified atom stereocenters. The van der Waals surface area contributed by atoms with Crippen molar-refractivity contribution in [3.8, 4) is 0 Å². The highest BCUT2D eigenvalue weighted by atomic mass is 32.1. The molecule has 0 atom stereocenters. The first-order valence-electron chi connectivity index (χ1n) is 6.22. The Labute approximate surface area is 112 Å². The van der Waals surface area contributed by atoms with Crippen LogP contribution in [0.1, 0.15) is 46.2 Å². The fraction of sp³-hybridized carbons (Fsp3) is 0.692. The van der Waals surface area contributed by atoms with Crippen LogP contribution in [0.25, 0.3) is 0 Å². The quantitative estimate of drug-likeness (QED) is 0.916. The summed E-state index contributed by atoms with van der Waals surface area (Å²) in [4.78, 5) is 18.1. The number of carbonyl (C=O) groups is 1. The van der Waals surface area contributed by atoms with Crippen molar-refractivity contribution in [3.05, 3.63) is 11.1 Å². The van der Waals surface area contributed by atoms with E-state index in [1.165, 1.54) is 6.42 Å². The minimum Gasteiger partial charge on any atom is -0.481 e. The van der Waals surface area contributed by atoms with E-state index in [9.17, 15) is 9.90 Å². The van der Waals surface area contributed by atoms with E-state index in [2.05, 4.69) is 23.7 Å². The lowest BCUT2D eigenvalue weighted by atomic mass is 9.90. The topological polar surface area (TPSA) is 53.4 Å². The Balaban J connectivity index is 2.29. The van der Waals surface area contributed by atoms with E-state index < -0.39 is 11.4 Å². The summed E-state index contributed by atoms with van der Waals surface area (Å²) in [5.74, 6) is -0.833. The van der Waals surface area contributed by atoms with Crippen molar-refractivity contribution in [3.63, 3.8) is 0 Å². The SMILES string of the molecule is CC(C)(C(=O)O)c1csc(N2CCCC2(C)C)n1. The van der Waals surface area contributed by atoms with Gasteiger partial charge in [-0.15, -0.1) is 11.3 Å². The Morgan fingerprint density at radius 2 is 2.22 bits per heavy atom. The molecule has 100 valence electrons. The molecule has 4 nitrogen and oxygen atoms in total. The van der Waals surface area contributed by atoms with Gasteiger partial charge in [0.25, 0.3) is 0 Å². The first-order chi connectivity index (χ1) is 8.25. The van der Waals surface area contributed by atoms with Gasteiger partial charge in [-0.1, -0.05) is 0 Å². The number of thiazole rings is 1. The minimum absolute atomic E-state index is 0.127. The zero-order valence-electron chi connectivity index (χ0n) is 11.4. The molecule has 0 saturated carbocycles. The number of hydrogen-bond acceptors (Lipinski definition) is 4. The zero-order chi connectivity index (χ0) is 13.6. The molecule has 1 N–H and O–H groups in total. The van der Waals surface area contributed by atoms with E-state index in [1.807, 2.05) is 5.38 Å². The van der Waals surface area contributed by atoms with Crippen LogP contribution in [0, 0.1) is 0 Å². The van der Waals surface area contributed by atoms with E-state index in [0.29, 0.717) is 5.69 Å².